The Kier molecular flexibility index (Phi) is 12.3. The van der Waals surface area contributed by atoms with Crippen LogP contribution in [0.25, 0.3) is 6.08 Å². The Morgan fingerprint density at radius 2 is 1.38 bits per heavy atom. The van der Waals surface area contributed by atoms with Crippen LogP contribution in [0.2, 0.25) is 0 Å². The summed E-state index contributed by atoms with van der Waals surface area (Å²) in [4.78, 5) is 7.03. The fourth-order valence-electron chi connectivity index (χ4n) is 8.27. The number of hydrogen-bond acceptors (Lipinski definition) is 7. The molecule has 2 heterocycles. The molecule has 10 nitrogen and oxygen atoms in total. The van der Waals surface area contributed by atoms with E-state index in [2.05, 4.69) is 40.2 Å². The third kappa shape index (κ3) is 8.75. The van der Waals surface area contributed by atoms with E-state index in [1.165, 1.54) is 48.9 Å². The number of allylic oxidation sites excluding steroid dienone is 1. The summed E-state index contributed by atoms with van der Waals surface area (Å²) in [7, 11) is -3.65. The van der Waals surface area contributed by atoms with Gasteiger partial charge in [0, 0.05) is 89.9 Å². The van der Waals surface area contributed by atoms with Crippen LogP contribution in [0.5, 0.6) is 0 Å². The highest BCUT2D eigenvalue weighted by atomic mass is 32.2. The summed E-state index contributed by atoms with van der Waals surface area (Å²) >= 11 is 0. The van der Waals surface area contributed by atoms with Crippen LogP contribution in [-0.4, -0.2) is 121 Å². The first-order chi connectivity index (χ1) is 24.0. The van der Waals surface area contributed by atoms with Gasteiger partial charge in [-0.2, -0.15) is 21.3 Å². The van der Waals surface area contributed by atoms with E-state index >= 15 is 0 Å². The first-order valence-corrected chi connectivity index (χ1v) is 21.6. The summed E-state index contributed by atoms with van der Waals surface area (Å²) in [6.45, 7) is 8.16. The van der Waals surface area contributed by atoms with E-state index in [4.69, 9.17) is 0 Å². The van der Waals surface area contributed by atoms with E-state index in [1.54, 1.807) is 25.0 Å². The molecule has 0 aromatic heterocycles. The summed E-state index contributed by atoms with van der Waals surface area (Å²) in [5.74, 6) is 0.475. The molecule has 1 saturated carbocycles. The van der Waals surface area contributed by atoms with Crippen molar-refractivity contribution in [1.82, 2.24) is 17.8 Å². The van der Waals surface area contributed by atoms with Crippen molar-refractivity contribution >= 4 is 37.7 Å². The third-order valence-corrected chi connectivity index (χ3v) is 14.9. The Balaban J connectivity index is 1.19. The number of sulfonamides is 1. The van der Waals surface area contributed by atoms with E-state index in [0.29, 0.717) is 45.2 Å². The van der Waals surface area contributed by atoms with Crippen LogP contribution < -0.4 is 9.80 Å². The van der Waals surface area contributed by atoms with E-state index in [1.807, 2.05) is 38.1 Å². The SMILES string of the molecule is C[C@H]1CN(S(=O)(=O)c2ccc(N(C)C)cc2)CCCN(CC2CCCCC2)CCCN(S(=O)(=O)N2CCN(c3cccc4c3C=CC4)CC2)C1. The molecule has 0 amide bonds. The zero-order chi connectivity index (χ0) is 35.3. The van der Waals surface area contributed by atoms with Crippen molar-refractivity contribution in [1.29, 1.82) is 0 Å². The maximum absolute atomic E-state index is 14.4. The van der Waals surface area contributed by atoms with E-state index < -0.39 is 20.2 Å². The number of anilines is 2. The highest BCUT2D eigenvalue weighted by Gasteiger charge is 2.35. The predicted molar refractivity (Wildman–Crippen MR) is 204 cm³/mol. The largest absolute Gasteiger partial charge is 0.378 e. The van der Waals surface area contributed by atoms with Gasteiger partial charge in [-0.1, -0.05) is 50.5 Å². The first kappa shape index (κ1) is 37.3. The average molecular weight is 727 g/mol. The molecule has 0 spiro atoms. The standard InChI is InChI=1S/C38H58N6O4S2/c1-32-29-43(49(45,46)36-19-17-35(18-20-36)39(2)3)23-9-21-40(31-33-11-5-4-6-12-33)22-10-24-44(30-32)50(47,48)42-27-25-41(26-28-42)38-16-8-14-34-13-7-15-37(34)38/h7-8,14-20,32-33H,4-6,9-13,21-31H2,1-3H3/t32-/m0/s1. The van der Waals surface area contributed by atoms with Crippen LogP contribution in [0.4, 0.5) is 11.4 Å². The Hall–Kier alpha value is -2.48. The van der Waals surface area contributed by atoms with Crippen LogP contribution in [0.15, 0.2) is 53.4 Å². The minimum Gasteiger partial charge on any atom is -0.378 e. The number of piperazine rings is 1. The third-order valence-electron chi connectivity index (χ3n) is 11.1. The molecule has 2 aliphatic carbocycles. The van der Waals surface area contributed by atoms with Crippen molar-refractivity contribution in [3.8, 4) is 0 Å². The lowest BCUT2D eigenvalue weighted by atomic mass is 9.89. The molecule has 2 aromatic rings. The van der Waals surface area contributed by atoms with Crippen molar-refractivity contribution in [2.45, 2.75) is 63.2 Å². The molecule has 1 atom stereocenters. The van der Waals surface area contributed by atoms with E-state index in [0.717, 1.165) is 44.6 Å². The minimum absolute atomic E-state index is 0.182. The molecule has 0 radical (unpaired) electrons. The second kappa shape index (κ2) is 16.5. The van der Waals surface area contributed by atoms with Crippen molar-refractivity contribution in [3.63, 3.8) is 0 Å². The maximum Gasteiger partial charge on any atom is 0.282 e. The monoisotopic (exact) mass is 726 g/mol. The first-order valence-electron chi connectivity index (χ1n) is 18.8. The molecular formula is C38H58N6O4S2. The van der Waals surface area contributed by atoms with Gasteiger partial charge in [-0.05, 0) is 92.9 Å². The summed E-state index contributed by atoms with van der Waals surface area (Å²) in [6.07, 6.45) is 13.2. The van der Waals surface area contributed by atoms with Gasteiger partial charge in [0.15, 0.2) is 0 Å². The normalized spacial score (nSPS) is 23.3. The van der Waals surface area contributed by atoms with Gasteiger partial charge in [-0.3, -0.25) is 0 Å². The molecule has 50 heavy (non-hydrogen) atoms. The molecule has 4 aliphatic rings. The number of rotatable bonds is 8. The molecule has 0 unspecified atom stereocenters. The number of nitrogens with zero attached hydrogens (tertiary/aromatic N) is 6. The molecule has 276 valence electrons. The average Bonchev–Trinajstić information content (AvgIpc) is 3.60. The summed E-state index contributed by atoms with van der Waals surface area (Å²) in [6, 6.07) is 13.5. The Morgan fingerprint density at radius 3 is 2.06 bits per heavy atom. The van der Waals surface area contributed by atoms with Gasteiger partial charge in [0.1, 0.15) is 0 Å². The second-order valence-electron chi connectivity index (χ2n) is 15.1. The fraction of sp³-hybridized carbons (Fsp3) is 0.632. The van der Waals surface area contributed by atoms with Gasteiger partial charge in [0.25, 0.3) is 10.2 Å². The smallest absolute Gasteiger partial charge is 0.282 e. The molecule has 2 aliphatic heterocycles. The van der Waals surface area contributed by atoms with Crippen LogP contribution in [0.1, 0.15) is 63.0 Å². The van der Waals surface area contributed by atoms with Crippen molar-refractivity contribution in [2.75, 3.05) is 95.9 Å². The molecule has 0 N–H and O–H groups in total. The van der Waals surface area contributed by atoms with Crippen LogP contribution in [-0.2, 0) is 26.7 Å². The van der Waals surface area contributed by atoms with Gasteiger partial charge in [0.2, 0.25) is 10.0 Å². The van der Waals surface area contributed by atoms with Crippen molar-refractivity contribution in [3.05, 3.63) is 59.7 Å². The quantitative estimate of drug-likeness (QED) is 0.379. The van der Waals surface area contributed by atoms with Crippen molar-refractivity contribution in [2.24, 2.45) is 11.8 Å². The second-order valence-corrected chi connectivity index (χ2v) is 18.9. The molecule has 12 heteroatoms. The highest BCUT2D eigenvalue weighted by Crippen LogP contribution is 2.31. The Morgan fingerprint density at radius 1 is 0.720 bits per heavy atom. The molecule has 3 fully saturated rings. The topological polar surface area (TPSA) is 87.7 Å². The van der Waals surface area contributed by atoms with Gasteiger partial charge in [0.05, 0.1) is 4.90 Å². The van der Waals surface area contributed by atoms with Crippen molar-refractivity contribution < 1.29 is 16.8 Å². The van der Waals surface area contributed by atoms with Gasteiger partial charge < -0.3 is 14.7 Å². The Bertz CT molecular complexity index is 1670. The maximum atomic E-state index is 14.4. The van der Waals surface area contributed by atoms with Crippen LogP contribution in [0.3, 0.4) is 0 Å². The predicted octanol–water partition coefficient (Wildman–Crippen LogP) is 4.99. The van der Waals surface area contributed by atoms with Gasteiger partial charge in [-0.15, -0.1) is 0 Å². The number of benzene rings is 2. The van der Waals surface area contributed by atoms with Crippen LogP contribution in [0, 0.1) is 11.8 Å². The zero-order valence-electron chi connectivity index (χ0n) is 30.4. The van der Waals surface area contributed by atoms with E-state index in [9.17, 15) is 16.8 Å². The highest BCUT2D eigenvalue weighted by molar-refractivity contribution is 7.89. The summed E-state index contributed by atoms with van der Waals surface area (Å²) in [5.41, 5.74) is 4.70. The van der Waals surface area contributed by atoms with Gasteiger partial charge in [-0.25, -0.2) is 8.42 Å². The molecular weight excluding hydrogens is 669 g/mol. The zero-order valence-corrected chi connectivity index (χ0v) is 32.1. The lowest BCUT2D eigenvalue weighted by Gasteiger charge is -2.39. The summed E-state index contributed by atoms with van der Waals surface area (Å²) < 4.78 is 62.0. The molecule has 6 rings (SSSR count). The van der Waals surface area contributed by atoms with Gasteiger partial charge >= 0.3 is 0 Å². The number of hydrogen-bond donors (Lipinski definition) is 0. The molecule has 0 bridgehead atoms. The lowest BCUT2D eigenvalue weighted by Crippen LogP contribution is -2.54. The molecule has 2 saturated heterocycles. The lowest BCUT2D eigenvalue weighted by molar-refractivity contribution is 0.179. The number of fused-ring (bicyclic) bond motifs is 1. The van der Waals surface area contributed by atoms with Crippen LogP contribution >= 0.6 is 0 Å². The van der Waals surface area contributed by atoms with E-state index in [-0.39, 0.29) is 23.9 Å². The fourth-order valence-corrected chi connectivity index (χ4v) is 11.6. The molecule has 2 aromatic carbocycles. The minimum atomic E-state index is -3.77. The Labute approximate surface area is 301 Å². The summed E-state index contributed by atoms with van der Waals surface area (Å²) in [5, 5.41) is 0.